The number of sulfonamides is 1. The summed E-state index contributed by atoms with van der Waals surface area (Å²) < 4.78 is 27.0. The Hall–Kier alpha value is -3.24. The van der Waals surface area contributed by atoms with Gasteiger partial charge in [0.15, 0.2) is 5.13 Å². The summed E-state index contributed by atoms with van der Waals surface area (Å²) in [6, 6.07) is 14.5. The lowest BCUT2D eigenvalue weighted by atomic mass is 10.2. The van der Waals surface area contributed by atoms with Crippen molar-refractivity contribution in [2.24, 2.45) is 0 Å². The minimum atomic E-state index is -3.78. The fourth-order valence-electron chi connectivity index (χ4n) is 2.27. The highest BCUT2D eigenvalue weighted by Gasteiger charge is 2.17. The van der Waals surface area contributed by atoms with E-state index >= 15 is 0 Å². The first-order valence-electron chi connectivity index (χ1n) is 8.06. The largest absolute Gasteiger partial charge is 0.326 e. The second-order valence-electron chi connectivity index (χ2n) is 5.67. The van der Waals surface area contributed by atoms with Crippen LogP contribution in [-0.4, -0.2) is 25.2 Å². The van der Waals surface area contributed by atoms with Gasteiger partial charge in [0, 0.05) is 23.7 Å². The van der Waals surface area contributed by atoms with E-state index in [1.54, 1.807) is 42.5 Å². The minimum absolute atomic E-state index is 0.0701. The lowest BCUT2D eigenvalue weighted by Crippen LogP contribution is -2.15. The summed E-state index contributed by atoms with van der Waals surface area (Å²) in [7, 11) is -3.78. The van der Waals surface area contributed by atoms with Crippen molar-refractivity contribution in [1.82, 2.24) is 4.98 Å². The van der Waals surface area contributed by atoms with Gasteiger partial charge in [0.25, 0.3) is 15.9 Å². The van der Waals surface area contributed by atoms with Gasteiger partial charge in [-0.1, -0.05) is 24.3 Å². The van der Waals surface area contributed by atoms with Gasteiger partial charge in [-0.15, -0.1) is 11.3 Å². The van der Waals surface area contributed by atoms with Gasteiger partial charge in [0.1, 0.15) is 5.69 Å². The van der Waals surface area contributed by atoms with Crippen LogP contribution in [-0.2, 0) is 14.8 Å². The van der Waals surface area contributed by atoms with Crippen LogP contribution in [0.1, 0.15) is 17.4 Å². The summed E-state index contributed by atoms with van der Waals surface area (Å²) in [5, 5.41) is 6.82. The quantitative estimate of drug-likeness (QED) is 0.571. The second kappa shape index (κ2) is 8.19. The van der Waals surface area contributed by atoms with Gasteiger partial charge in [0.2, 0.25) is 5.91 Å². The van der Waals surface area contributed by atoms with E-state index in [0.717, 1.165) is 11.3 Å². The Morgan fingerprint density at radius 1 is 0.964 bits per heavy atom. The van der Waals surface area contributed by atoms with E-state index in [1.807, 2.05) is 0 Å². The molecule has 1 heterocycles. The predicted octanol–water partition coefficient (Wildman–Crippen LogP) is 3.15. The number of amides is 2. The highest BCUT2D eigenvalue weighted by atomic mass is 32.2. The van der Waals surface area contributed by atoms with Gasteiger partial charge in [-0.25, -0.2) is 13.4 Å². The molecule has 0 saturated heterocycles. The van der Waals surface area contributed by atoms with Gasteiger partial charge in [0.05, 0.1) is 4.90 Å². The van der Waals surface area contributed by atoms with Crippen LogP contribution in [0.4, 0.5) is 16.5 Å². The normalized spacial score (nSPS) is 10.9. The van der Waals surface area contributed by atoms with Crippen LogP contribution in [0, 0.1) is 0 Å². The Kier molecular flexibility index (Phi) is 5.71. The van der Waals surface area contributed by atoms with Crippen LogP contribution in [0.5, 0.6) is 0 Å². The molecule has 0 bridgehead atoms. The van der Waals surface area contributed by atoms with E-state index in [2.05, 4.69) is 20.3 Å². The van der Waals surface area contributed by atoms with Crippen LogP contribution in [0.3, 0.4) is 0 Å². The molecule has 0 aliphatic rings. The Bertz CT molecular complexity index is 1110. The molecular formula is C18H16N4O4S2. The highest BCUT2D eigenvalue weighted by molar-refractivity contribution is 7.93. The highest BCUT2D eigenvalue weighted by Crippen LogP contribution is 2.21. The number of anilines is 3. The first-order chi connectivity index (χ1) is 13.3. The number of hydrogen-bond acceptors (Lipinski definition) is 6. The topological polar surface area (TPSA) is 117 Å². The number of nitrogens with zero attached hydrogens (tertiary/aromatic N) is 1. The third kappa shape index (κ3) is 4.93. The number of thiazole rings is 1. The molecule has 0 spiro atoms. The second-order valence-corrected chi connectivity index (χ2v) is 8.21. The standard InChI is InChI=1S/C18H16N4O4S2/c1-12(23)19-13-6-5-7-14(10-13)20-17(24)16-11-27-18(21-16)22-28(25,26)15-8-3-2-4-9-15/h2-11H,1H3,(H,19,23)(H,20,24)(H,21,22). The molecule has 0 fully saturated rings. The monoisotopic (exact) mass is 416 g/mol. The molecule has 0 radical (unpaired) electrons. The molecule has 144 valence electrons. The SMILES string of the molecule is CC(=O)Nc1cccc(NC(=O)c2csc(NS(=O)(=O)c3ccccc3)n2)c1. The van der Waals surface area contributed by atoms with Gasteiger partial charge in [-0.05, 0) is 30.3 Å². The molecule has 3 rings (SSSR count). The Morgan fingerprint density at radius 3 is 2.32 bits per heavy atom. The molecule has 28 heavy (non-hydrogen) atoms. The lowest BCUT2D eigenvalue weighted by Gasteiger charge is -2.07. The van der Waals surface area contributed by atoms with Crippen molar-refractivity contribution in [3.8, 4) is 0 Å². The van der Waals surface area contributed by atoms with Gasteiger partial charge in [-0.3, -0.25) is 14.3 Å². The number of rotatable bonds is 6. The molecule has 10 heteroatoms. The van der Waals surface area contributed by atoms with Crippen LogP contribution in [0.15, 0.2) is 64.9 Å². The number of aromatic nitrogens is 1. The summed E-state index contributed by atoms with van der Waals surface area (Å²) >= 11 is 1.00. The van der Waals surface area contributed by atoms with Crippen LogP contribution in [0.25, 0.3) is 0 Å². The van der Waals surface area contributed by atoms with E-state index in [1.165, 1.54) is 24.4 Å². The zero-order valence-corrected chi connectivity index (χ0v) is 16.3. The predicted molar refractivity (Wildman–Crippen MR) is 108 cm³/mol. The Balaban J connectivity index is 1.70. The summed E-state index contributed by atoms with van der Waals surface area (Å²) in [5.74, 6) is -0.722. The molecular weight excluding hydrogens is 400 g/mol. The molecule has 2 amide bonds. The van der Waals surface area contributed by atoms with Crippen molar-refractivity contribution in [2.75, 3.05) is 15.4 Å². The number of nitrogens with one attached hydrogen (secondary N) is 3. The molecule has 0 aliphatic heterocycles. The first-order valence-corrected chi connectivity index (χ1v) is 10.4. The molecule has 2 aromatic carbocycles. The first kappa shape index (κ1) is 19.5. The maximum absolute atomic E-state index is 12.4. The van der Waals surface area contributed by atoms with Crippen molar-refractivity contribution in [3.63, 3.8) is 0 Å². The van der Waals surface area contributed by atoms with E-state index in [9.17, 15) is 18.0 Å². The average molecular weight is 416 g/mol. The summed E-state index contributed by atoms with van der Waals surface area (Å²) in [4.78, 5) is 27.6. The molecule has 3 N–H and O–H groups in total. The summed E-state index contributed by atoms with van der Waals surface area (Å²) in [6.07, 6.45) is 0. The number of carbonyl (C=O) groups is 2. The maximum atomic E-state index is 12.4. The van der Waals surface area contributed by atoms with E-state index in [-0.39, 0.29) is 21.6 Å². The van der Waals surface area contributed by atoms with Crippen LogP contribution >= 0.6 is 11.3 Å². The number of hydrogen-bond donors (Lipinski definition) is 3. The van der Waals surface area contributed by atoms with Gasteiger partial charge in [-0.2, -0.15) is 0 Å². The van der Waals surface area contributed by atoms with Crippen molar-refractivity contribution >= 4 is 49.7 Å². The van der Waals surface area contributed by atoms with Crippen molar-refractivity contribution < 1.29 is 18.0 Å². The number of carbonyl (C=O) groups excluding carboxylic acids is 2. The Morgan fingerprint density at radius 2 is 1.64 bits per heavy atom. The zero-order valence-electron chi connectivity index (χ0n) is 14.7. The molecule has 0 unspecified atom stereocenters. The Labute approximate surface area is 165 Å². The minimum Gasteiger partial charge on any atom is -0.326 e. The molecule has 0 atom stereocenters. The third-order valence-corrected chi connectivity index (χ3v) is 5.69. The number of benzene rings is 2. The average Bonchev–Trinajstić information content (AvgIpc) is 3.10. The van der Waals surface area contributed by atoms with Gasteiger partial charge < -0.3 is 10.6 Å². The lowest BCUT2D eigenvalue weighted by molar-refractivity contribution is -0.114. The van der Waals surface area contributed by atoms with Crippen molar-refractivity contribution in [3.05, 3.63) is 65.7 Å². The summed E-state index contributed by atoms with van der Waals surface area (Å²) in [5.41, 5.74) is 1.08. The van der Waals surface area contributed by atoms with Gasteiger partial charge >= 0.3 is 0 Å². The summed E-state index contributed by atoms with van der Waals surface area (Å²) in [6.45, 7) is 1.39. The van der Waals surface area contributed by atoms with Crippen LogP contribution < -0.4 is 15.4 Å². The molecule has 0 saturated carbocycles. The zero-order chi connectivity index (χ0) is 20.1. The molecule has 1 aromatic heterocycles. The van der Waals surface area contributed by atoms with E-state index in [0.29, 0.717) is 11.4 Å². The van der Waals surface area contributed by atoms with Crippen molar-refractivity contribution in [1.29, 1.82) is 0 Å². The fourth-order valence-corrected chi connectivity index (χ4v) is 4.24. The molecule has 3 aromatic rings. The van der Waals surface area contributed by atoms with Crippen LogP contribution in [0.2, 0.25) is 0 Å². The molecule has 8 nitrogen and oxygen atoms in total. The van der Waals surface area contributed by atoms with E-state index in [4.69, 9.17) is 0 Å². The third-order valence-electron chi connectivity index (χ3n) is 3.45. The molecule has 0 aliphatic carbocycles. The smallest absolute Gasteiger partial charge is 0.275 e. The van der Waals surface area contributed by atoms with E-state index < -0.39 is 15.9 Å². The van der Waals surface area contributed by atoms with Crippen molar-refractivity contribution in [2.45, 2.75) is 11.8 Å². The fraction of sp³-hybridized carbons (Fsp3) is 0.0556. The maximum Gasteiger partial charge on any atom is 0.275 e.